The van der Waals surface area contributed by atoms with Crippen LogP contribution in [0.3, 0.4) is 0 Å². The quantitative estimate of drug-likeness (QED) is 0.596. The summed E-state index contributed by atoms with van der Waals surface area (Å²) in [6.07, 6.45) is 1.59. The Kier molecular flexibility index (Phi) is 3.87. The van der Waals surface area contributed by atoms with Crippen LogP contribution >= 0.6 is 0 Å². The van der Waals surface area contributed by atoms with Crippen molar-refractivity contribution in [2.75, 3.05) is 12.3 Å². The number of hydrogen-bond donors (Lipinski definition) is 3. The van der Waals surface area contributed by atoms with Crippen LogP contribution in [-0.2, 0) is 23.2 Å². The van der Waals surface area contributed by atoms with Gasteiger partial charge in [0.2, 0.25) is 11.8 Å². The number of amides is 2. The van der Waals surface area contributed by atoms with E-state index in [4.69, 9.17) is 5.73 Å². The molecule has 16 heavy (non-hydrogen) atoms. The van der Waals surface area contributed by atoms with Crippen LogP contribution in [0.1, 0.15) is 12.5 Å². The van der Waals surface area contributed by atoms with Crippen molar-refractivity contribution in [2.45, 2.75) is 13.5 Å². The minimum absolute atomic E-state index is 0.0322. The zero-order valence-electron chi connectivity index (χ0n) is 9.28. The zero-order valence-corrected chi connectivity index (χ0v) is 9.28. The molecule has 0 aliphatic heterocycles. The maximum atomic E-state index is 11.2. The van der Waals surface area contributed by atoms with Gasteiger partial charge in [-0.1, -0.05) is 0 Å². The predicted molar refractivity (Wildman–Crippen MR) is 58.2 cm³/mol. The lowest BCUT2D eigenvalue weighted by molar-refractivity contribution is -0.125. The van der Waals surface area contributed by atoms with Gasteiger partial charge in [-0.25, -0.2) is 0 Å². The monoisotopic (exact) mass is 225 g/mol. The number of nitrogens with two attached hydrogens (primary N) is 1. The zero-order chi connectivity index (χ0) is 12.1. The predicted octanol–water partition coefficient (Wildman–Crippen LogP) is -1.25. The van der Waals surface area contributed by atoms with E-state index >= 15 is 0 Å². The van der Waals surface area contributed by atoms with Crippen molar-refractivity contribution in [1.29, 1.82) is 0 Å². The highest BCUT2D eigenvalue weighted by Crippen LogP contribution is 2.07. The van der Waals surface area contributed by atoms with Gasteiger partial charge < -0.3 is 16.4 Å². The number of carbonyl (C=O) groups excluding carboxylic acids is 2. The van der Waals surface area contributed by atoms with Crippen LogP contribution in [0.15, 0.2) is 6.20 Å². The van der Waals surface area contributed by atoms with Crippen molar-refractivity contribution in [1.82, 2.24) is 20.4 Å². The Morgan fingerprint density at radius 1 is 1.50 bits per heavy atom. The molecule has 1 rings (SSSR count). The number of hydrogen-bond acceptors (Lipinski definition) is 4. The minimum atomic E-state index is -0.265. The maximum Gasteiger partial charge on any atom is 0.239 e. The highest BCUT2D eigenvalue weighted by molar-refractivity contribution is 5.83. The Labute approximate surface area is 93.0 Å². The minimum Gasteiger partial charge on any atom is -0.384 e. The number of anilines is 1. The van der Waals surface area contributed by atoms with Gasteiger partial charge in [0.25, 0.3) is 0 Å². The summed E-state index contributed by atoms with van der Waals surface area (Å²) in [5.41, 5.74) is 6.44. The summed E-state index contributed by atoms with van der Waals surface area (Å²) in [6.45, 7) is 1.62. The van der Waals surface area contributed by atoms with Gasteiger partial charge in [-0.3, -0.25) is 14.3 Å². The van der Waals surface area contributed by atoms with Crippen LogP contribution < -0.4 is 16.4 Å². The second-order valence-corrected chi connectivity index (χ2v) is 3.37. The van der Waals surface area contributed by atoms with Crippen LogP contribution in [0, 0.1) is 0 Å². The van der Waals surface area contributed by atoms with Gasteiger partial charge in [-0.2, -0.15) is 5.10 Å². The molecule has 7 heteroatoms. The molecule has 1 aromatic heterocycles. The van der Waals surface area contributed by atoms with E-state index in [0.29, 0.717) is 12.4 Å². The summed E-state index contributed by atoms with van der Waals surface area (Å²) in [6, 6.07) is 0. The van der Waals surface area contributed by atoms with Gasteiger partial charge >= 0.3 is 0 Å². The van der Waals surface area contributed by atoms with E-state index in [2.05, 4.69) is 15.7 Å². The standard InChI is InChI=1S/C9H15N5O2/c1-6(15)11-5-8(16)12-3-7-4-13-14(2)9(7)10/h4H,3,5,10H2,1-2H3,(H,11,15)(H,12,16). The van der Waals surface area contributed by atoms with E-state index in [1.165, 1.54) is 11.6 Å². The number of nitrogens with one attached hydrogen (secondary N) is 2. The van der Waals surface area contributed by atoms with E-state index in [1.54, 1.807) is 13.2 Å². The third-order valence-corrected chi connectivity index (χ3v) is 2.04. The lowest BCUT2D eigenvalue weighted by atomic mass is 10.3. The van der Waals surface area contributed by atoms with Crippen LogP contribution in [0.25, 0.3) is 0 Å². The molecule has 7 nitrogen and oxygen atoms in total. The fourth-order valence-electron chi connectivity index (χ4n) is 1.09. The van der Waals surface area contributed by atoms with Gasteiger partial charge in [0.05, 0.1) is 12.7 Å². The summed E-state index contributed by atoms with van der Waals surface area (Å²) in [5, 5.41) is 8.96. The second kappa shape index (κ2) is 5.15. The third-order valence-electron chi connectivity index (χ3n) is 2.04. The second-order valence-electron chi connectivity index (χ2n) is 3.37. The molecule has 0 saturated carbocycles. The number of nitrogens with zero attached hydrogens (tertiary/aromatic N) is 2. The van der Waals surface area contributed by atoms with Crippen molar-refractivity contribution in [3.8, 4) is 0 Å². The summed E-state index contributed by atoms with van der Waals surface area (Å²) in [4.78, 5) is 21.8. The molecule has 88 valence electrons. The molecule has 2 amide bonds. The van der Waals surface area contributed by atoms with Crippen LogP contribution in [0.5, 0.6) is 0 Å². The molecule has 0 aliphatic rings. The molecular weight excluding hydrogens is 210 g/mol. The molecule has 0 atom stereocenters. The normalized spacial score (nSPS) is 9.88. The Morgan fingerprint density at radius 3 is 2.69 bits per heavy atom. The number of aromatic nitrogens is 2. The smallest absolute Gasteiger partial charge is 0.239 e. The van der Waals surface area contributed by atoms with Crippen molar-refractivity contribution < 1.29 is 9.59 Å². The van der Waals surface area contributed by atoms with Gasteiger partial charge in [0.1, 0.15) is 5.82 Å². The average Bonchev–Trinajstić information content (AvgIpc) is 2.54. The Bertz CT molecular complexity index is 399. The van der Waals surface area contributed by atoms with E-state index in [1.807, 2.05) is 0 Å². The molecular formula is C9H15N5O2. The maximum absolute atomic E-state index is 11.2. The molecule has 4 N–H and O–H groups in total. The summed E-state index contributed by atoms with van der Waals surface area (Å²) in [5.74, 6) is 0.00863. The molecule has 0 aromatic carbocycles. The molecule has 0 fully saturated rings. The third kappa shape index (κ3) is 3.26. The van der Waals surface area contributed by atoms with E-state index in [-0.39, 0.29) is 18.4 Å². The van der Waals surface area contributed by atoms with Crippen molar-refractivity contribution in [3.63, 3.8) is 0 Å². The lowest BCUT2D eigenvalue weighted by Crippen LogP contribution is -2.35. The van der Waals surface area contributed by atoms with Crippen LogP contribution in [0.2, 0.25) is 0 Å². The Hall–Kier alpha value is -2.05. The first kappa shape index (κ1) is 12.0. The highest BCUT2D eigenvalue weighted by atomic mass is 16.2. The van der Waals surface area contributed by atoms with E-state index < -0.39 is 0 Å². The number of nitrogen functional groups attached to an aromatic ring is 1. The lowest BCUT2D eigenvalue weighted by Gasteiger charge is -2.05. The molecule has 0 spiro atoms. The fraction of sp³-hybridized carbons (Fsp3) is 0.444. The van der Waals surface area contributed by atoms with E-state index in [0.717, 1.165) is 5.56 Å². The molecule has 0 saturated heterocycles. The van der Waals surface area contributed by atoms with Gasteiger partial charge in [-0.15, -0.1) is 0 Å². The van der Waals surface area contributed by atoms with Gasteiger partial charge in [-0.05, 0) is 0 Å². The van der Waals surface area contributed by atoms with Crippen LogP contribution in [-0.4, -0.2) is 28.1 Å². The first-order valence-electron chi connectivity index (χ1n) is 4.78. The Balaban J connectivity index is 2.37. The topological polar surface area (TPSA) is 102 Å². The van der Waals surface area contributed by atoms with Crippen molar-refractivity contribution in [2.24, 2.45) is 7.05 Å². The van der Waals surface area contributed by atoms with Crippen molar-refractivity contribution in [3.05, 3.63) is 11.8 Å². The average molecular weight is 225 g/mol. The first-order valence-corrected chi connectivity index (χ1v) is 4.78. The summed E-state index contributed by atoms with van der Waals surface area (Å²) < 4.78 is 1.52. The molecule has 0 unspecified atom stereocenters. The fourth-order valence-corrected chi connectivity index (χ4v) is 1.09. The SMILES string of the molecule is CC(=O)NCC(=O)NCc1cnn(C)c1N. The molecule has 0 radical (unpaired) electrons. The van der Waals surface area contributed by atoms with Gasteiger partial charge in [0, 0.05) is 26.1 Å². The molecule has 1 aromatic rings. The Morgan fingerprint density at radius 2 is 2.19 bits per heavy atom. The highest BCUT2D eigenvalue weighted by Gasteiger charge is 2.06. The summed E-state index contributed by atoms with van der Waals surface area (Å²) in [7, 11) is 1.72. The van der Waals surface area contributed by atoms with E-state index in [9.17, 15) is 9.59 Å². The van der Waals surface area contributed by atoms with Crippen molar-refractivity contribution >= 4 is 17.6 Å². The molecule has 0 bridgehead atoms. The number of carbonyl (C=O) groups is 2. The summed E-state index contributed by atoms with van der Waals surface area (Å²) >= 11 is 0. The van der Waals surface area contributed by atoms with Crippen LogP contribution in [0.4, 0.5) is 5.82 Å². The molecule has 0 aliphatic carbocycles. The first-order chi connectivity index (χ1) is 7.50. The number of rotatable bonds is 4. The largest absolute Gasteiger partial charge is 0.384 e. The molecule has 1 heterocycles. The number of aryl methyl sites for hydroxylation is 1. The van der Waals surface area contributed by atoms with Gasteiger partial charge in [0.15, 0.2) is 0 Å².